The van der Waals surface area contributed by atoms with Crippen LogP contribution in [0, 0.1) is 6.92 Å². The molecule has 3 aromatic carbocycles. The molecule has 1 unspecified atom stereocenters. The van der Waals surface area contributed by atoms with Gasteiger partial charge in [0.05, 0.1) is 12.1 Å². The molecule has 1 aromatic heterocycles. The Hall–Kier alpha value is -3.44. The number of nitrogens with one attached hydrogen (secondary N) is 1. The molecule has 0 saturated heterocycles. The second kappa shape index (κ2) is 10.2. The Balaban J connectivity index is 1.47. The fourth-order valence-electron chi connectivity index (χ4n) is 3.54. The minimum atomic E-state index is -0.343. The lowest BCUT2D eigenvalue weighted by Crippen LogP contribution is -2.27. The molecule has 0 radical (unpaired) electrons. The summed E-state index contributed by atoms with van der Waals surface area (Å²) < 4.78 is 6.84. The van der Waals surface area contributed by atoms with Crippen molar-refractivity contribution >= 4 is 28.1 Å². The normalized spacial score (nSPS) is 12.1. The molecule has 1 N–H and O–H groups in total. The van der Waals surface area contributed by atoms with Crippen molar-refractivity contribution in [3.05, 3.63) is 118 Å². The highest BCUT2D eigenvalue weighted by molar-refractivity contribution is 9.10. The van der Waals surface area contributed by atoms with Crippen molar-refractivity contribution in [3.8, 4) is 11.3 Å². The van der Waals surface area contributed by atoms with Crippen LogP contribution in [0.1, 0.15) is 28.4 Å². The molecule has 0 bridgehead atoms. The number of halogens is 1. The third-order valence-electron chi connectivity index (χ3n) is 5.33. The lowest BCUT2D eigenvalue weighted by atomic mass is 9.90. The standard InChI is InChI=1S/C27H23BrN2O2/c1-19-7-5-6-10-22(19)17-25(20-8-3-2-4-9-20)27(31)30-29-18-24-15-16-26(32-24)21-11-13-23(28)14-12-21/h2-16,18,25H,17H2,1H3,(H,30,31)/b29-18+. The number of amides is 1. The van der Waals surface area contributed by atoms with Crippen molar-refractivity contribution < 1.29 is 9.21 Å². The van der Waals surface area contributed by atoms with Crippen LogP contribution in [0.15, 0.2) is 105 Å². The average molecular weight is 487 g/mol. The van der Waals surface area contributed by atoms with Gasteiger partial charge in [0, 0.05) is 10.0 Å². The number of carbonyl (C=O) groups excluding carboxylic acids is 1. The number of hydrazone groups is 1. The molecule has 0 spiro atoms. The van der Waals surface area contributed by atoms with E-state index in [0.717, 1.165) is 26.9 Å². The van der Waals surface area contributed by atoms with Crippen LogP contribution in [0.2, 0.25) is 0 Å². The van der Waals surface area contributed by atoms with E-state index in [2.05, 4.69) is 45.5 Å². The molecule has 4 nitrogen and oxygen atoms in total. The van der Waals surface area contributed by atoms with E-state index in [0.29, 0.717) is 12.2 Å². The van der Waals surface area contributed by atoms with Crippen molar-refractivity contribution in [2.75, 3.05) is 0 Å². The second-order valence-electron chi connectivity index (χ2n) is 7.54. The number of carbonyl (C=O) groups is 1. The molecule has 5 heteroatoms. The van der Waals surface area contributed by atoms with Crippen LogP contribution >= 0.6 is 15.9 Å². The molecule has 4 aromatic rings. The van der Waals surface area contributed by atoms with Crippen LogP contribution < -0.4 is 5.43 Å². The Labute approximate surface area is 196 Å². The molecule has 4 rings (SSSR count). The van der Waals surface area contributed by atoms with Crippen molar-refractivity contribution in [2.24, 2.45) is 5.10 Å². The molecular formula is C27H23BrN2O2. The van der Waals surface area contributed by atoms with E-state index >= 15 is 0 Å². The van der Waals surface area contributed by atoms with E-state index in [1.165, 1.54) is 11.8 Å². The summed E-state index contributed by atoms with van der Waals surface area (Å²) in [5, 5.41) is 4.15. The lowest BCUT2D eigenvalue weighted by Gasteiger charge is -2.17. The van der Waals surface area contributed by atoms with Crippen LogP contribution in [0.4, 0.5) is 0 Å². The molecule has 1 heterocycles. The summed E-state index contributed by atoms with van der Waals surface area (Å²) >= 11 is 3.43. The van der Waals surface area contributed by atoms with Crippen molar-refractivity contribution in [1.82, 2.24) is 5.43 Å². The lowest BCUT2D eigenvalue weighted by molar-refractivity contribution is -0.122. The zero-order valence-electron chi connectivity index (χ0n) is 17.7. The molecule has 0 fully saturated rings. The first-order valence-electron chi connectivity index (χ1n) is 10.4. The van der Waals surface area contributed by atoms with E-state index in [-0.39, 0.29) is 11.8 Å². The topological polar surface area (TPSA) is 54.6 Å². The average Bonchev–Trinajstić information content (AvgIpc) is 3.28. The molecule has 0 aliphatic carbocycles. The Morgan fingerprint density at radius 2 is 1.69 bits per heavy atom. The maximum atomic E-state index is 13.0. The highest BCUT2D eigenvalue weighted by Crippen LogP contribution is 2.24. The highest BCUT2D eigenvalue weighted by Gasteiger charge is 2.21. The van der Waals surface area contributed by atoms with Crippen LogP contribution in [0.5, 0.6) is 0 Å². The van der Waals surface area contributed by atoms with E-state index in [1.807, 2.05) is 78.9 Å². The maximum absolute atomic E-state index is 13.0. The van der Waals surface area contributed by atoms with E-state index in [1.54, 1.807) is 0 Å². The molecule has 0 aliphatic rings. The van der Waals surface area contributed by atoms with Gasteiger partial charge in [-0.2, -0.15) is 5.10 Å². The number of furan rings is 1. The summed E-state index contributed by atoms with van der Waals surface area (Å²) in [5.41, 5.74) is 6.93. The van der Waals surface area contributed by atoms with Gasteiger partial charge >= 0.3 is 0 Å². The third kappa shape index (κ3) is 5.42. The molecule has 1 amide bonds. The van der Waals surface area contributed by atoms with E-state index in [9.17, 15) is 4.79 Å². The SMILES string of the molecule is Cc1ccccc1CC(C(=O)N/N=C/c1ccc(-c2ccc(Br)cc2)o1)c1ccccc1. The largest absolute Gasteiger partial charge is 0.455 e. The predicted octanol–water partition coefficient (Wildman–Crippen LogP) is 6.49. The zero-order valence-corrected chi connectivity index (χ0v) is 19.2. The van der Waals surface area contributed by atoms with E-state index in [4.69, 9.17) is 4.42 Å². The van der Waals surface area contributed by atoms with Gasteiger partial charge < -0.3 is 4.42 Å². The first-order chi connectivity index (χ1) is 15.6. The fraction of sp³-hybridized carbons (Fsp3) is 0.111. The molecule has 1 atom stereocenters. The van der Waals surface area contributed by atoms with Gasteiger partial charge in [0.1, 0.15) is 11.5 Å². The number of nitrogens with zero attached hydrogens (tertiary/aromatic N) is 1. The Morgan fingerprint density at radius 3 is 2.44 bits per heavy atom. The molecule has 0 saturated carbocycles. The minimum absolute atomic E-state index is 0.157. The summed E-state index contributed by atoms with van der Waals surface area (Å²) in [6.45, 7) is 2.06. The van der Waals surface area contributed by atoms with Gasteiger partial charge in [-0.3, -0.25) is 4.79 Å². The summed E-state index contributed by atoms with van der Waals surface area (Å²) in [6.07, 6.45) is 2.13. The molecular weight excluding hydrogens is 464 g/mol. The van der Waals surface area contributed by atoms with Gasteiger partial charge in [-0.15, -0.1) is 0 Å². The summed E-state index contributed by atoms with van der Waals surface area (Å²) in [4.78, 5) is 13.0. The van der Waals surface area contributed by atoms with Gasteiger partial charge in [-0.25, -0.2) is 5.43 Å². The monoisotopic (exact) mass is 486 g/mol. The van der Waals surface area contributed by atoms with Gasteiger partial charge in [-0.1, -0.05) is 82.7 Å². The smallest absolute Gasteiger partial charge is 0.247 e. The summed E-state index contributed by atoms with van der Waals surface area (Å²) in [5.74, 6) is 0.810. The number of benzene rings is 3. The number of rotatable bonds is 7. The molecule has 32 heavy (non-hydrogen) atoms. The van der Waals surface area contributed by atoms with Gasteiger partial charge in [0.2, 0.25) is 5.91 Å². The predicted molar refractivity (Wildman–Crippen MR) is 132 cm³/mol. The Bertz CT molecular complexity index is 1210. The molecule has 0 aliphatic heterocycles. The van der Waals surface area contributed by atoms with Crippen molar-refractivity contribution in [2.45, 2.75) is 19.3 Å². The first-order valence-corrected chi connectivity index (χ1v) is 11.2. The van der Waals surface area contributed by atoms with Crippen molar-refractivity contribution in [1.29, 1.82) is 0 Å². The number of aryl methyl sites for hydroxylation is 1. The third-order valence-corrected chi connectivity index (χ3v) is 5.85. The molecule has 160 valence electrons. The zero-order chi connectivity index (χ0) is 22.3. The Kier molecular flexibility index (Phi) is 6.97. The number of hydrogen-bond donors (Lipinski definition) is 1. The van der Waals surface area contributed by atoms with Crippen LogP contribution in [0.25, 0.3) is 11.3 Å². The van der Waals surface area contributed by atoms with Crippen LogP contribution in [-0.2, 0) is 11.2 Å². The van der Waals surface area contributed by atoms with Gasteiger partial charge in [0.15, 0.2) is 0 Å². The second-order valence-corrected chi connectivity index (χ2v) is 8.45. The fourth-order valence-corrected chi connectivity index (χ4v) is 3.80. The quantitative estimate of drug-likeness (QED) is 0.239. The first kappa shape index (κ1) is 21.8. The minimum Gasteiger partial charge on any atom is -0.455 e. The number of hydrogen-bond acceptors (Lipinski definition) is 3. The van der Waals surface area contributed by atoms with Crippen molar-refractivity contribution in [3.63, 3.8) is 0 Å². The van der Waals surface area contributed by atoms with Crippen LogP contribution in [0.3, 0.4) is 0 Å². The summed E-state index contributed by atoms with van der Waals surface area (Å²) in [7, 11) is 0. The highest BCUT2D eigenvalue weighted by atomic mass is 79.9. The maximum Gasteiger partial charge on any atom is 0.247 e. The Morgan fingerprint density at radius 1 is 0.969 bits per heavy atom. The van der Waals surface area contributed by atoms with Gasteiger partial charge in [-0.05, 0) is 54.3 Å². The van der Waals surface area contributed by atoms with Crippen LogP contribution in [-0.4, -0.2) is 12.1 Å². The van der Waals surface area contributed by atoms with E-state index < -0.39 is 0 Å². The summed E-state index contributed by atoms with van der Waals surface area (Å²) in [6, 6.07) is 29.5. The van der Waals surface area contributed by atoms with Gasteiger partial charge in [0.25, 0.3) is 0 Å².